The highest BCUT2D eigenvalue weighted by atomic mass is 127. The fourth-order valence-electron chi connectivity index (χ4n) is 4.79. The van der Waals surface area contributed by atoms with Gasteiger partial charge in [0.15, 0.2) is 0 Å². The van der Waals surface area contributed by atoms with Crippen LogP contribution in [0.15, 0.2) is 36.5 Å². The Labute approximate surface area is 274 Å². The fraction of sp³-hybridized carbons (Fsp3) is 0.784. The van der Waals surface area contributed by atoms with Crippen LogP contribution in [0.25, 0.3) is 0 Å². The van der Waals surface area contributed by atoms with Gasteiger partial charge in [-0.3, -0.25) is 9.59 Å². The molecule has 0 aromatic carbocycles. The van der Waals surface area contributed by atoms with Gasteiger partial charge in [0.1, 0.15) is 12.7 Å². The van der Waals surface area contributed by atoms with Gasteiger partial charge in [0, 0.05) is 17.3 Å². The van der Waals surface area contributed by atoms with Crippen LogP contribution in [0.4, 0.5) is 0 Å². The smallest absolute Gasteiger partial charge is 0.306 e. The summed E-state index contributed by atoms with van der Waals surface area (Å²) in [5.41, 5.74) is 0. The van der Waals surface area contributed by atoms with Crippen molar-refractivity contribution in [3.8, 4) is 0 Å². The van der Waals surface area contributed by atoms with E-state index in [1.807, 2.05) is 0 Å². The Hall–Kier alpha value is -1.11. The molecule has 0 aromatic rings. The number of allylic oxidation sites excluding steroid dienone is 6. The monoisotopic (exact) mass is 700 g/mol. The van der Waals surface area contributed by atoms with Gasteiger partial charge in [0.05, 0.1) is 0 Å². The third-order valence-electron chi connectivity index (χ3n) is 7.42. The number of alkyl halides is 1. The third-order valence-corrected chi connectivity index (χ3v) is 8.40. The minimum Gasteiger partial charge on any atom is -0.462 e. The van der Waals surface area contributed by atoms with E-state index in [-0.39, 0.29) is 24.6 Å². The number of hydrogen-bond acceptors (Lipinski definition) is 4. The lowest BCUT2D eigenvalue weighted by atomic mass is 10.0. The first-order valence-corrected chi connectivity index (χ1v) is 19.0. The van der Waals surface area contributed by atoms with Crippen molar-refractivity contribution >= 4 is 34.5 Å². The molecule has 0 aliphatic heterocycles. The van der Waals surface area contributed by atoms with Crippen LogP contribution in [0, 0.1) is 0 Å². The minimum absolute atomic E-state index is 0.165. The molecular weight excluding hydrogens is 635 g/mol. The van der Waals surface area contributed by atoms with Gasteiger partial charge in [-0.1, -0.05) is 169 Å². The number of hydrogen-bond donors (Lipinski definition) is 0. The lowest BCUT2D eigenvalue weighted by molar-refractivity contribution is -0.157. The van der Waals surface area contributed by atoms with Crippen LogP contribution in [0.1, 0.15) is 168 Å². The molecular formula is C37H65IO4. The van der Waals surface area contributed by atoms with E-state index in [2.05, 4.69) is 72.9 Å². The first-order valence-electron chi connectivity index (χ1n) is 17.5. The summed E-state index contributed by atoms with van der Waals surface area (Å²) in [5.74, 6) is -0.347. The summed E-state index contributed by atoms with van der Waals surface area (Å²) in [7, 11) is 0. The highest BCUT2D eigenvalue weighted by Gasteiger charge is 2.15. The molecule has 42 heavy (non-hydrogen) atoms. The van der Waals surface area contributed by atoms with Gasteiger partial charge >= 0.3 is 11.9 Å². The standard InChI is InChI=1S/C37H65IO4/c1-3-5-7-9-11-13-15-17-18-20-21-23-25-27-29-31-36(39)41-34-35(33-38)42-37(40)32-30-28-26-24-22-19-16-14-12-10-8-6-4-2/h5,7,11,13,17-18,35H,3-4,6,8-10,12,14-16,19-34H2,1-2H3/b7-5-,13-11-,18-17-/t35-/m0/s1. The molecule has 5 heteroatoms. The number of esters is 2. The van der Waals surface area contributed by atoms with Crippen molar-refractivity contribution in [3.05, 3.63) is 36.5 Å². The summed E-state index contributed by atoms with van der Waals surface area (Å²) < 4.78 is 11.6. The van der Waals surface area contributed by atoms with Crippen LogP contribution in [0.2, 0.25) is 0 Å². The fourth-order valence-corrected chi connectivity index (χ4v) is 5.22. The SMILES string of the molecule is CC/C=C\C/C=C\C/C=C\CCCCCCCC(=O)OC[C@H](CI)OC(=O)CCCCCCCCCCCCCCC. The first kappa shape index (κ1) is 40.9. The van der Waals surface area contributed by atoms with Crippen molar-refractivity contribution in [2.75, 3.05) is 11.0 Å². The second-order valence-corrected chi connectivity index (χ2v) is 12.4. The van der Waals surface area contributed by atoms with E-state index in [0.717, 1.165) is 57.8 Å². The van der Waals surface area contributed by atoms with Crippen LogP contribution in [-0.2, 0) is 19.1 Å². The molecule has 0 unspecified atom stereocenters. The van der Waals surface area contributed by atoms with Gasteiger partial charge in [0.2, 0.25) is 0 Å². The number of unbranched alkanes of at least 4 members (excludes halogenated alkanes) is 17. The largest absolute Gasteiger partial charge is 0.462 e. The molecule has 0 amide bonds. The molecule has 0 aliphatic carbocycles. The van der Waals surface area contributed by atoms with Crippen LogP contribution < -0.4 is 0 Å². The predicted octanol–water partition coefficient (Wildman–Crippen LogP) is 11.9. The van der Waals surface area contributed by atoms with E-state index in [9.17, 15) is 9.59 Å². The van der Waals surface area contributed by atoms with Crippen LogP contribution in [0.5, 0.6) is 0 Å². The molecule has 0 aliphatic rings. The maximum absolute atomic E-state index is 12.2. The summed E-state index contributed by atoms with van der Waals surface area (Å²) in [4.78, 5) is 24.3. The maximum Gasteiger partial charge on any atom is 0.306 e. The van der Waals surface area contributed by atoms with Crippen molar-refractivity contribution in [2.24, 2.45) is 0 Å². The minimum atomic E-state index is -0.342. The topological polar surface area (TPSA) is 52.6 Å². The Morgan fingerprint density at radius 3 is 1.55 bits per heavy atom. The molecule has 0 spiro atoms. The summed E-state index contributed by atoms with van der Waals surface area (Å²) in [6.07, 6.45) is 40.4. The van der Waals surface area contributed by atoms with Crippen LogP contribution in [-0.4, -0.2) is 29.1 Å². The highest BCUT2D eigenvalue weighted by molar-refractivity contribution is 14.1. The van der Waals surface area contributed by atoms with E-state index in [1.54, 1.807) is 0 Å². The van der Waals surface area contributed by atoms with E-state index >= 15 is 0 Å². The number of halogens is 1. The summed E-state index contributed by atoms with van der Waals surface area (Å²) in [6, 6.07) is 0. The van der Waals surface area contributed by atoms with Crippen molar-refractivity contribution in [1.82, 2.24) is 0 Å². The lowest BCUT2D eigenvalue weighted by Crippen LogP contribution is -2.26. The van der Waals surface area contributed by atoms with E-state index in [1.165, 1.54) is 83.5 Å². The number of carbonyl (C=O) groups is 2. The molecule has 1 atom stereocenters. The van der Waals surface area contributed by atoms with Gasteiger partial charge in [-0.05, 0) is 44.9 Å². The molecule has 0 bridgehead atoms. The second kappa shape index (κ2) is 34.4. The molecule has 0 aromatic heterocycles. The van der Waals surface area contributed by atoms with Gasteiger partial charge in [-0.25, -0.2) is 0 Å². The molecule has 4 nitrogen and oxygen atoms in total. The summed E-state index contributed by atoms with van der Waals surface area (Å²) in [6.45, 7) is 4.59. The average molecular weight is 701 g/mol. The normalized spacial score (nSPS) is 12.5. The molecule has 244 valence electrons. The molecule has 0 heterocycles. The first-order chi connectivity index (χ1) is 20.6. The van der Waals surface area contributed by atoms with Crippen molar-refractivity contribution in [2.45, 2.75) is 174 Å². The Morgan fingerprint density at radius 1 is 0.571 bits per heavy atom. The number of ether oxygens (including phenoxy) is 2. The Balaban J connectivity index is 3.60. The lowest BCUT2D eigenvalue weighted by Gasteiger charge is -2.15. The molecule has 0 rings (SSSR count). The van der Waals surface area contributed by atoms with Crippen molar-refractivity contribution < 1.29 is 19.1 Å². The highest BCUT2D eigenvalue weighted by Crippen LogP contribution is 2.14. The zero-order valence-electron chi connectivity index (χ0n) is 27.4. The van der Waals surface area contributed by atoms with Gasteiger partial charge in [0.25, 0.3) is 0 Å². The van der Waals surface area contributed by atoms with Crippen LogP contribution in [0.3, 0.4) is 0 Å². The Kier molecular flexibility index (Phi) is 33.5. The van der Waals surface area contributed by atoms with Crippen molar-refractivity contribution in [3.63, 3.8) is 0 Å². The van der Waals surface area contributed by atoms with Gasteiger partial charge in [-0.15, -0.1) is 0 Å². The molecule has 0 radical (unpaired) electrons. The maximum atomic E-state index is 12.2. The third kappa shape index (κ3) is 31.8. The van der Waals surface area contributed by atoms with E-state index in [4.69, 9.17) is 9.47 Å². The Morgan fingerprint density at radius 2 is 1.02 bits per heavy atom. The Bertz CT molecular complexity index is 685. The molecule has 0 N–H and O–H groups in total. The molecule has 0 saturated heterocycles. The molecule has 0 fully saturated rings. The quantitative estimate of drug-likeness (QED) is 0.0237. The van der Waals surface area contributed by atoms with E-state index < -0.39 is 0 Å². The zero-order valence-corrected chi connectivity index (χ0v) is 29.6. The van der Waals surface area contributed by atoms with E-state index in [0.29, 0.717) is 17.3 Å². The summed E-state index contributed by atoms with van der Waals surface area (Å²) >= 11 is 2.19. The van der Waals surface area contributed by atoms with Crippen molar-refractivity contribution in [1.29, 1.82) is 0 Å². The molecule has 0 saturated carbocycles. The number of carbonyl (C=O) groups excluding carboxylic acids is 2. The second-order valence-electron chi connectivity index (χ2n) is 11.5. The number of rotatable bonds is 31. The summed E-state index contributed by atoms with van der Waals surface area (Å²) in [5, 5.41) is 0. The predicted molar refractivity (Wildman–Crippen MR) is 189 cm³/mol. The zero-order chi connectivity index (χ0) is 30.8. The van der Waals surface area contributed by atoms with Gasteiger partial charge in [-0.2, -0.15) is 0 Å². The van der Waals surface area contributed by atoms with Crippen LogP contribution >= 0.6 is 22.6 Å². The average Bonchev–Trinajstić information content (AvgIpc) is 2.99. The van der Waals surface area contributed by atoms with Gasteiger partial charge < -0.3 is 9.47 Å².